The lowest BCUT2D eigenvalue weighted by Crippen LogP contribution is -2.32. The third kappa shape index (κ3) is 5.35. The third-order valence-corrected chi connectivity index (χ3v) is 4.49. The molecule has 0 spiro atoms. The van der Waals surface area contributed by atoms with Crippen molar-refractivity contribution in [3.63, 3.8) is 0 Å². The number of thioether (sulfide) groups is 1. The Morgan fingerprint density at radius 2 is 1.82 bits per heavy atom. The fourth-order valence-electron chi connectivity index (χ4n) is 1.90. The lowest BCUT2D eigenvalue weighted by atomic mass is 10.1. The van der Waals surface area contributed by atoms with Gasteiger partial charge in [-0.25, -0.2) is 4.39 Å². The first kappa shape index (κ1) is 16.8. The van der Waals surface area contributed by atoms with Gasteiger partial charge < -0.3 is 5.32 Å². The molecule has 0 aromatic heterocycles. The quantitative estimate of drug-likeness (QED) is 0.795. The fraction of sp³-hybridized carbons (Fsp3) is 0.235. The van der Waals surface area contributed by atoms with Crippen molar-refractivity contribution in [1.82, 2.24) is 5.32 Å². The Morgan fingerprint density at radius 3 is 2.45 bits per heavy atom. The summed E-state index contributed by atoms with van der Waals surface area (Å²) in [5.41, 5.74) is 1.000. The van der Waals surface area contributed by atoms with Gasteiger partial charge in [-0.2, -0.15) is 0 Å². The van der Waals surface area contributed by atoms with Crippen molar-refractivity contribution < 1.29 is 9.18 Å². The Kier molecular flexibility index (Phi) is 6.28. The second-order valence-corrected chi connectivity index (χ2v) is 6.73. The summed E-state index contributed by atoms with van der Waals surface area (Å²) in [7, 11) is 0. The monoisotopic (exact) mass is 337 g/mol. The van der Waals surface area contributed by atoms with Crippen LogP contribution in [0.3, 0.4) is 0 Å². The number of benzene rings is 2. The third-order valence-electron chi connectivity index (χ3n) is 3.12. The number of rotatable bonds is 6. The highest BCUT2D eigenvalue weighted by atomic mass is 35.5. The molecule has 1 N–H and O–H groups in total. The van der Waals surface area contributed by atoms with Gasteiger partial charge >= 0.3 is 0 Å². The summed E-state index contributed by atoms with van der Waals surface area (Å²) in [6, 6.07) is 13.7. The maximum atomic E-state index is 12.8. The molecule has 0 heterocycles. The van der Waals surface area contributed by atoms with Gasteiger partial charge in [0.15, 0.2) is 0 Å². The van der Waals surface area contributed by atoms with Gasteiger partial charge in [0.1, 0.15) is 5.82 Å². The SMILES string of the molecule is C[C@H](Sc1ccc(Cl)cc1)C(=O)NCCc1ccc(F)cc1. The van der Waals surface area contributed by atoms with Gasteiger partial charge in [0.25, 0.3) is 0 Å². The minimum absolute atomic E-state index is 0.0120. The number of carbonyl (C=O) groups is 1. The van der Waals surface area contributed by atoms with Crippen LogP contribution in [-0.2, 0) is 11.2 Å². The van der Waals surface area contributed by atoms with Crippen molar-refractivity contribution in [3.8, 4) is 0 Å². The molecule has 1 atom stereocenters. The molecule has 0 fully saturated rings. The summed E-state index contributed by atoms with van der Waals surface area (Å²) in [6.07, 6.45) is 0.685. The van der Waals surface area contributed by atoms with E-state index in [0.717, 1.165) is 10.5 Å². The number of hydrogen-bond donors (Lipinski definition) is 1. The predicted octanol–water partition coefficient (Wildman–Crippen LogP) is 4.32. The van der Waals surface area contributed by atoms with E-state index in [2.05, 4.69) is 5.32 Å². The molecule has 22 heavy (non-hydrogen) atoms. The smallest absolute Gasteiger partial charge is 0.233 e. The molecule has 0 radical (unpaired) electrons. The van der Waals surface area contributed by atoms with E-state index in [1.165, 1.54) is 23.9 Å². The van der Waals surface area contributed by atoms with Crippen LogP contribution in [0.2, 0.25) is 5.02 Å². The maximum Gasteiger partial charge on any atom is 0.233 e. The first-order chi connectivity index (χ1) is 10.5. The van der Waals surface area contributed by atoms with E-state index in [0.29, 0.717) is 18.0 Å². The van der Waals surface area contributed by atoms with Crippen molar-refractivity contribution in [3.05, 3.63) is 64.9 Å². The van der Waals surface area contributed by atoms with Crippen LogP contribution in [-0.4, -0.2) is 17.7 Å². The molecule has 0 aliphatic rings. The number of carbonyl (C=O) groups excluding carboxylic acids is 1. The van der Waals surface area contributed by atoms with Crippen LogP contribution in [0.4, 0.5) is 4.39 Å². The van der Waals surface area contributed by atoms with Crippen molar-refractivity contribution in [1.29, 1.82) is 0 Å². The van der Waals surface area contributed by atoms with Crippen molar-refractivity contribution in [2.75, 3.05) is 6.54 Å². The summed E-state index contributed by atoms with van der Waals surface area (Å²) < 4.78 is 12.8. The van der Waals surface area contributed by atoms with E-state index in [1.807, 2.05) is 31.2 Å². The van der Waals surface area contributed by atoms with Crippen molar-refractivity contribution in [2.45, 2.75) is 23.5 Å². The molecule has 2 aromatic rings. The van der Waals surface area contributed by atoms with Crippen LogP contribution < -0.4 is 5.32 Å². The van der Waals surface area contributed by atoms with Crippen LogP contribution in [0, 0.1) is 5.82 Å². The zero-order valence-electron chi connectivity index (χ0n) is 12.2. The highest BCUT2D eigenvalue weighted by molar-refractivity contribution is 8.00. The van der Waals surface area contributed by atoms with E-state index in [-0.39, 0.29) is 17.0 Å². The van der Waals surface area contributed by atoms with Gasteiger partial charge in [0.2, 0.25) is 5.91 Å². The molecule has 0 saturated heterocycles. The normalized spacial score (nSPS) is 12.0. The summed E-state index contributed by atoms with van der Waals surface area (Å²) in [6.45, 7) is 2.41. The Hall–Kier alpha value is -1.52. The van der Waals surface area contributed by atoms with Gasteiger partial charge in [0, 0.05) is 16.5 Å². The lowest BCUT2D eigenvalue weighted by molar-refractivity contribution is -0.120. The zero-order valence-corrected chi connectivity index (χ0v) is 13.8. The van der Waals surface area contributed by atoms with Gasteiger partial charge in [-0.3, -0.25) is 4.79 Å². The second kappa shape index (κ2) is 8.20. The molecule has 0 bridgehead atoms. The minimum atomic E-state index is -0.249. The largest absolute Gasteiger partial charge is 0.355 e. The van der Waals surface area contributed by atoms with Gasteiger partial charge in [-0.15, -0.1) is 11.8 Å². The molecule has 5 heteroatoms. The first-order valence-electron chi connectivity index (χ1n) is 6.99. The van der Waals surface area contributed by atoms with Crippen LogP contribution in [0.5, 0.6) is 0 Å². The Balaban J connectivity index is 1.76. The second-order valence-electron chi connectivity index (χ2n) is 4.88. The number of amides is 1. The van der Waals surface area contributed by atoms with Gasteiger partial charge in [-0.1, -0.05) is 23.7 Å². The average molecular weight is 338 g/mol. The predicted molar refractivity (Wildman–Crippen MR) is 89.9 cm³/mol. The number of hydrogen-bond acceptors (Lipinski definition) is 2. The highest BCUT2D eigenvalue weighted by Gasteiger charge is 2.13. The van der Waals surface area contributed by atoms with Crippen molar-refractivity contribution >= 4 is 29.3 Å². The summed E-state index contributed by atoms with van der Waals surface area (Å²) in [5, 5.41) is 3.39. The molecule has 2 rings (SSSR count). The summed E-state index contributed by atoms with van der Waals surface area (Å²) >= 11 is 7.32. The van der Waals surface area contributed by atoms with Crippen molar-refractivity contribution in [2.24, 2.45) is 0 Å². The number of halogens is 2. The number of nitrogens with one attached hydrogen (secondary N) is 1. The lowest BCUT2D eigenvalue weighted by Gasteiger charge is -2.12. The molecule has 0 aliphatic carbocycles. The topological polar surface area (TPSA) is 29.1 Å². The van der Waals surface area contributed by atoms with Crippen LogP contribution in [0.25, 0.3) is 0 Å². The molecular formula is C17H17ClFNOS. The van der Waals surface area contributed by atoms with E-state index in [9.17, 15) is 9.18 Å². The zero-order chi connectivity index (χ0) is 15.9. The summed E-state index contributed by atoms with van der Waals surface area (Å²) in [5.74, 6) is -0.261. The van der Waals surface area contributed by atoms with E-state index in [1.54, 1.807) is 12.1 Å². The molecule has 0 saturated carbocycles. The maximum absolute atomic E-state index is 12.8. The Labute approximate surface area is 139 Å². The molecule has 2 aromatic carbocycles. The van der Waals surface area contributed by atoms with E-state index >= 15 is 0 Å². The van der Waals surface area contributed by atoms with Gasteiger partial charge in [-0.05, 0) is 55.3 Å². The van der Waals surface area contributed by atoms with E-state index in [4.69, 9.17) is 11.6 Å². The molecule has 116 valence electrons. The summed E-state index contributed by atoms with van der Waals surface area (Å²) in [4.78, 5) is 13.0. The van der Waals surface area contributed by atoms with E-state index < -0.39 is 0 Å². The average Bonchev–Trinajstić information content (AvgIpc) is 2.51. The molecule has 0 unspecified atom stereocenters. The molecular weight excluding hydrogens is 321 g/mol. The molecule has 0 aliphatic heterocycles. The van der Waals surface area contributed by atoms with Crippen LogP contribution in [0.1, 0.15) is 12.5 Å². The Morgan fingerprint density at radius 1 is 1.18 bits per heavy atom. The molecule has 1 amide bonds. The first-order valence-corrected chi connectivity index (χ1v) is 8.25. The van der Waals surface area contributed by atoms with Crippen LogP contribution >= 0.6 is 23.4 Å². The minimum Gasteiger partial charge on any atom is -0.355 e. The molecule has 2 nitrogen and oxygen atoms in total. The Bertz CT molecular complexity index is 616. The standard InChI is InChI=1S/C17H17ClFNOS/c1-12(22-16-8-4-14(18)5-9-16)17(21)20-11-10-13-2-6-15(19)7-3-13/h2-9,12H,10-11H2,1H3,(H,20,21)/t12-/m0/s1. The van der Waals surface area contributed by atoms with Gasteiger partial charge in [0.05, 0.1) is 5.25 Å². The fourth-order valence-corrected chi connectivity index (χ4v) is 2.91. The van der Waals surface area contributed by atoms with Crippen LogP contribution in [0.15, 0.2) is 53.4 Å². The highest BCUT2D eigenvalue weighted by Crippen LogP contribution is 2.24.